The zero-order chi connectivity index (χ0) is 17.5. The third-order valence-electron chi connectivity index (χ3n) is 7.41. The van der Waals surface area contributed by atoms with Crippen molar-refractivity contribution in [3.63, 3.8) is 0 Å². The molecule has 0 aromatic heterocycles. The van der Waals surface area contributed by atoms with E-state index in [1.54, 1.807) is 17.3 Å². The third kappa shape index (κ3) is 5.00. The first-order chi connectivity index (χ1) is 12.3. The molecule has 2 aliphatic rings. The second-order valence-corrected chi connectivity index (χ2v) is 14.3. The Balaban J connectivity index is 1.54. The van der Waals surface area contributed by atoms with Crippen LogP contribution in [0.5, 0.6) is 0 Å². The van der Waals surface area contributed by atoms with Gasteiger partial charge in [0.25, 0.3) is 0 Å². The van der Waals surface area contributed by atoms with Crippen molar-refractivity contribution >= 4 is 29.2 Å². The zero-order valence-corrected chi connectivity index (χ0v) is 18.8. The maximum absolute atomic E-state index is 3.60. The van der Waals surface area contributed by atoms with Gasteiger partial charge in [0.1, 0.15) is 0 Å². The van der Waals surface area contributed by atoms with Crippen LogP contribution in [0, 0.1) is 17.8 Å². The van der Waals surface area contributed by atoms with Crippen LogP contribution in [0.4, 0.5) is 0 Å². The molecule has 1 aromatic carbocycles. The molecular weight excluding hydrogens is 384 g/mol. The Hall–Kier alpha value is -0.0831. The third-order valence-corrected chi connectivity index (χ3v) is 13.5. The smallest absolute Gasteiger partial charge is 0.0867 e. The number of rotatable bonds is 7. The van der Waals surface area contributed by atoms with Gasteiger partial charge in [-0.25, -0.2) is 0 Å². The summed E-state index contributed by atoms with van der Waals surface area (Å²) in [6.45, 7) is 2.40. The van der Waals surface area contributed by atoms with Crippen molar-refractivity contribution in [2.24, 2.45) is 17.8 Å². The van der Waals surface area contributed by atoms with Crippen molar-refractivity contribution in [3.8, 4) is 0 Å². The molecule has 1 aliphatic heterocycles. The minimum Gasteiger partial charge on any atom is -0.0928 e. The summed E-state index contributed by atoms with van der Waals surface area (Å²) in [7, 11) is -1.20. The Morgan fingerprint density at radius 2 is 1.56 bits per heavy atom. The van der Waals surface area contributed by atoms with Gasteiger partial charge in [-0.15, -0.1) is 0 Å². The van der Waals surface area contributed by atoms with Crippen molar-refractivity contribution in [3.05, 3.63) is 30.3 Å². The van der Waals surface area contributed by atoms with E-state index in [1.807, 2.05) is 0 Å². The minimum atomic E-state index is -1.20. The number of benzene rings is 1. The molecule has 25 heavy (non-hydrogen) atoms. The summed E-state index contributed by atoms with van der Waals surface area (Å²) in [4.78, 5) is 0. The summed E-state index contributed by atoms with van der Waals surface area (Å²) >= 11 is 3.60. The van der Waals surface area contributed by atoms with Gasteiger partial charge in [-0.05, 0) is 43.4 Å². The number of hydrogen-bond donors (Lipinski definition) is 0. The van der Waals surface area contributed by atoms with Crippen LogP contribution in [-0.2, 0) is 0 Å². The molecule has 1 aromatic rings. The van der Waals surface area contributed by atoms with Crippen LogP contribution in [0.15, 0.2) is 30.3 Å². The topological polar surface area (TPSA) is 0 Å². The van der Waals surface area contributed by atoms with E-state index in [2.05, 4.69) is 53.2 Å². The predicted molar refractivity (Wildman–Crippen MR) is 118 cm³/mol. The van der Waals surface area contributed by atoms with Gasteiger partial charge in [0.15, 0.2) is 0 Å². The lowest BCUT2D eigenvalue weighted by Crippen LogP contribution is -2.50. The Kier molecular flexibility index (Phi) is 7.66. The zero-order valence-electron chi connectivity index (χ0n) is 16.2. The van der Waals surface area contributed by atoms with E-state index in [0.717, 1.165) is 17.8 Å². The first-order valence-corrected chi connectivity index (χ1v) is 14.6. The normalized spacial score (nSPS) is 33.3. The second-order valence-electron chi connectivity index (χ2n) is 8.85. The molecule has 1 saturated carbocycles. The van der Waals surface area contributed by atoms with Gasteiger partial charge in [0.2, 0.25) is 0 Å². The Bertz CT molecular complexity index is 484. The van der Waals surface area contributed by atoms with Crippen LogP contribution >= 0.6 is 15.9 Å². The largest absolute Gasteiger partial charge is 0.0928 e. The summed E-state index contributed by atoms with van der Waals surface area (Å²) in [5.41, 5.74) is 0. The SMILES string of the molecule is CCC[Si]1(c2ccccc2)CCC([C@H]2CC[C@H](CCCBr)CC2)CC1. The molecule has 0 radical (unpaired) electrons. The van der Waals surface area contributed by atoms with Gasteiger partial charge in [-0.3, -0.25) is 0 Å². The minimum absolute atomic E-state index is 1.04. The fourth-order valence-corrected chi connectivity index (χ4v) is 11.6. The first kappa shape index (κ1) is 19.7. The molecule has 1 saturated heterocycles. The van der Waals surface area contributed by atoms with Gasteiger partial charge in [0, 0.05) is 5.33 Å². The van der Waals surface area contributed by atoms with E-state index in [0.29, 0.717) is 0 Å². The summed E-state index contributed by atoms with van der Waals surface area (Å²) in [6.07, 6.45) is 13.4. The highest BCUT2D eigenvalue weighted by Gasteiger charge is 2.40. The fourth-order valence-electron chi connectivity index (χ4n) is 5.93. The fraction of sp³-hybridized carbons (Fsp3) is 0.739. The highest BCUT2D eigenvalue weighted by molar-refractivity contribution is 9.09. The maximum atomic E-state index is 3.60. The lowest BCUT2D eigenvalue weighted by atomic mass is 9.73. The molecule has 1 aliphatic carbocycles. The van der Waals surface area contributed by atoms with E-state index >= 15 is 0 Å². The summed E-state index contributed by atoms with van der Waals surface area (Å²) < 4.78 is 0. The highest BCUT2D eigenvalue weighted by atomic mass is 79.9. The van der Waals surface area contributed by atoms with Crippen LogP contribution in [0.25, 0.3) is 0 Å². The van der Waals surface area contributed by atoms with Gasteiger partial charge in [0.05, 0.1) is 8.07 Å². The molecular formula is C23H37BrSi. The lowest BCUT2D eigenvalue weighted by Gasteiger charge is -2.43. The average Bonchev–Trinajstić information content (AvgIpc) is 2.68. The van der Waals surface area contributed by atoms with Crippen LogP contribution in [-0.4, -0.2) is 13.4 Å². The number of alkyl halides is 1. The van der Waals surface area contributed by atoms with E-state index in [9.17, 15) is 0 Å². The van der Waals surface area contributed by atoms with E-state index in [1.165, 1.54) is 69.2 Å². The van der Waals surface area contributed by atoms with Crippen molar-refractivity contribution < 1.29 is 0 Å². The van der Waals surface area contributed by atoms with Gasteiger partial charge < -0.3 is 0 Å². The number of halogens is 1. The van der Waals surface area contributed by atoms with Crippen LogP contribution < -0.4 is 5.19 Å². The molecule has 3 rings (SSSR count). The van der Waals surface area contributed by atoms with Crippen molar-refractivity contribution in [1.29, 1.82) is 0 Å². The molecule has 2 fully saturated rings. The molecule has 0 unspecified atom stereocenters. The lowest BCUT2D eigenvalue weighted by molar-refractivity contribution is 0.185. The Labute approximate surface area is 165 Å². The first-order valence-electron chi connectivity index (χ1n) is 10.9. The standard InChI is InChI=1S/C23H37BrSi/c1-2-17-25(23-8-4-3-5-9-23)18-14-22(15-19-25)21-12-10-20(11-13-21)7-6-16-24/h3-5,8-9,20-22H,2,6-7,10-19H2,1H3/t20-,21-,22?,25?. The van der Waals surface area contributed by atoms with E-state index < -0.39 is 8.07 Å². The number of hydrogen-bond acceptors (Lipinski definition) is 0. The summed E-state index contributed by atoms with van der Waals surface area (Å²) in [6, 6.07) is 16.3. The van der Waals surface area contributed by atoms with Crippen LogP contribution in [0.1, 0.15) is 64.7 Å². The highest BCUT2D eigenvalue weighted by Crippen LogP contribution is 2.44. The molecule has 0 N–H and O–H groups in total. The molecule has 140 valence electrons. The van der Waals surface area contributed by atoms with E-state index in [-0.39, 0.29) is 0 Å². The van der Waals surface area contributed by atoms with Crippen molar-refractivity contribution in [2.45, 2.75) is 82.8 Å². The Morgan fingerprint density at radius 3 is 2.16 bits per heavy atom. The average molecular weight is 422 g/mol. The summed E-state index contributed by atoms with van der Waals surface area (Å²) in [5, 5.41) is 2.95. The van der Waals surface area contributed by atoms with Crippen LogP contribution in [0.2, 0.25) is 18.1 Å². The van der Waals surface area contributed by atoms with Crippen molar-refractivity contribution in [2.75, 3.05) is 5.33 Å². The summed E-state index contributed by atoms with van der Waals surface area (Å²) in [5.74, 6) is 3.15. The molecule has 0 bridgehead atoms. The quantitative estimate of drug-likeness (QED) is 0.324. The molecule has 1 heterocycles. The molecule has 2 heteroatoms. The van der Waals surface area contributed by atoms with Crippen molar-refractivity contribution in [1.82, 2.24) is 0 Å². The molecule has 0 spiro atoms. The Morgan fingerprint density at radius 1 is 0.920 bits per heavy atom. The monoisotopic (exact) mass is 420 g/mol. The van der Waals surface area contributed by atoms with Crippen LogP contribution in [0.3, 0.4) is 0 Å². The second kappa shape index (κ2) is 9.74. The van der Waals surface area contributed by atoms with Gasteiger partial charge in [-0.2, -0.15) is 0 Å². The molecule has 0 atom stereocenters. The van der Waals surface area contributed by atoms with Gasteiger partial charge in [-0.1, -0.05) is 109 Å². The van der Waals surface area contributed by atoms with Gasteiger partial charge >= 0.3 is 0 Å². The molecule has 0 amide bonds. The molecule has 0 nitrogen and oxygen atoms in total. The van der Waals surface area contributed by atoms with E-state index in [4.69, 9.17) is 0 Å². The predicted octanol–water partition coefficient (Wildman–Crippen LogP) is 7.14. The maximum Gasteiger partial charge on any atom is 0.0867 e.